The maximum Gasteiger partial charge on any atom is 0.255 e. The Labute approximate surface area is 170 Å². The molecule has 1 amide bonds. The van der Waals surface area contributed by atoms with E-state index in [2.05, 4.69) is 12.2 Å². The number of halogens is 2. The summed E-state index contributed by atoms with van der Waals surface area (Å²) in [5.41, 5.74) is 3.16. The maximum absolute atomic E-state index is 13.0. The second-order valence-electron chi connectivity index (χ2n) is 6.73. The van der Waals surface area contributed by atoms with E-state index in [1.807, 2.05) is 17.7 Å². The lowest BCUT2D eigenvalue weighted by molar-refractivity contribution is 0.0856. The Bertz CT molecular complexity index is 814. The molecule has 0 saturated carbocycles. The van der Waals surface area contributed by atoms with Crippen molar-refractivity contribution in [3.8, 4) is 5.69 Å². The number of amides is 1. The molecule has 27 heavy (non-hydrogen) atoms. The normalized spacial score (nSPS) is 16.7. The molecule has 1 saturated heterocycles. The Morgan fingerprint density at radius 3 is 2.78 bits per heavy atom. The number of benzene rings is 1. The maximum atomic E-state index is 13.0. The summed E-state index contributed by atoms with van der Waals surface area (Å²) in [6, 6.07) is 5.39. The monoisotopic (exact) mass is 409 g/mol. The van der Waals surface area contributed by atoms with Crippen molar-refractivity contribution in [1.29, 1.82) is 0 Å². The van der Waals surface area contributed by atoms with E-state index in [-0.39, 0.29) is 12.0 Å². The fourth-order valence-corrected chi connectivity index (χ4v) is 3.73. The van der Waals surface area contributed by atoms with Gasteiger partial charge in [-0.25, -0.2) is 4.68 Å². The molecule has 0 bridgehead atoms. The highest BCUT2D eigenvalue weighted by molar-refractivity contribution is 6.42. The smallest absolute Gasteiger partial charge is 0.255 e. The van der Waals surface area contributed by atoms with E-state index < -0.39 is 0 Å². The lowest BCUT2D eigenvalue weighted by atomic mass is 10.1. The van der Waals surface area contributed by atoms with Crippen molar-refractivity contribution in [3.63, 3.8) is 0 Å². The summed E-state index contributed by atoms with van der Waals surface area (Å²) >= 11 is 12.2. The summed E-state index contributed by atoms with van der Waals surface area (Å²) in [7, 11) is 0. The molecule has 1 atom stereocenters. The van der Waals surface area contributed by atoms with E-state index in [9.17, 15) is 4.79 Å². The molecule has 1 aliphatic heterocycles. The number of aromatic nitrogens is 2. The average Bonchev–Trinajstić information content (AvgIpc) is 3.30. The number of carbonyl (C=O) groups is 1. The first-order valence-corrected chi connectivity index (χ1v) is 10.3. The largest absolute Gasteiger partial charge is 0.376 e. The fourth-order valence-electron chi connectivity index (χ4n) is 3.43. The molecule has 7 heteroatoms. The van der Waals surface area contributed by atoms with Gasteiger partial charge in [0.2, 0.25) is 0 Å². The average molecular weight is 410 g/mol. The van der Waals surface area contributed by atoms with Crippen molar-refractivity contribution in [3.05, 3.63) is 45.2 Å². The highest BCUT2D eigenvalue weighted by atomic mass is 35.5. The Balaban J connectivity index is 1.94. The number of nitrogens with one attached hydrogen (secondary N) is 1. The van der Waals surface area contributed by atoms with Gasteiger partial charge in [0.15, 0.2) is 0 Å². The van der Waals surface area contributed by atoms with Crippen LogP contribution in [0.4, 0.5) is 0 Å². The van der Waals surface area contributed by atoms with Crippen molar-refractivity contribution in [2.24, 2.45) is 0 Å². The van der Waals surface area contributed by atoms with Gasteiger partial charge < -0.3 is 10.1 Å². The van der Waals surface area contributed by atoms with E-state index in [0.29, 0.717) is 28.6 Å². The molecule has 0 spiro atoms. The van der Waals surface area contributed by atoms with Crippen LogP contribution >= 0.6 is 23.2 Å². The van der Waals surface area contributed by atoms with Crippen LogP contribution in [0, 0.1) is 0 Å². The second kappa shape index (κ2) is 9.09. The Morgan fingerprint density at radius 2 is 2.15 bits per heavy atom. The Morgan fingerprint density at radius 1 is 1.33 bits per heavy atom. The predicted octanol–water partition coefficient (Wildman–Crippen LogP) is 4.60. The van der Waals surface area contributed by atoms with Crippen molar-refractivity contribution >= 4 is 29.1 Å². The lowest BCUT2D eigenvalue weighted by Gasteiger charge is -2.12. The van der Waals surface area contributed by atoms with Crippen molar-refractivity contribution < 1.29 is 9.53 Å². The van der Waals surface area contributed by atoms with Crippen molar-refractivity contribution in [2.45, 2.75) is 52.1 Å². The molecule has 1 N–H and O–H groups in total. The van der Waals surface area contributed by atoms with E-state index in [1.165, 1.54) is 0 Å². The van der Waals surface area contributed by atoms with Gasteiger partial charge in [-0.1, -0.05) is 43.5 Å². The number of ether oxygens (including phenoxy) is 1. The van der Waals surface area contributed by atoms with Gasteiger partial charge in [0, 0.05) is 13.2 Å². The number of carbonyl (C=O) groups excluding carboxylic acids is 1. The van der Waals surface area contributed by atoms with Gasteiger partial charge in [0.1, 0.15) is 0 Å². The molecular weight excluding hydrogens is 385 g/mol. The summed E-state index contributed by atoms with van der Waals surface area (Å²) < 4.78 is 7.42. The molecule has 0 radical (unpaired) electrons. The minimum atomic E-state index is -0.0860. The zero-order valence-electron chi connectivity index (χ0n) is 15.7. The third kappa shape index (κ3) is 4.48. The zero-order valence-corrected chi connectivity index (χ0v) is 17.2. The van der Waals surface area contributed by atoms with Crippen molar-refractivity contribution in [1.82, 2.24) is 15.1 Å². The van der Waals surface area contributed by atoms with Crippen LogP contribution in [0.2, 0.25) is 10.0 Å². The molecule has 5 nitrogen and oxygen atoms in total. The summed E-state index contributed by atoms with van der Waals surface area (Å²) in [4.78, 5) is 13.0. The Hall–Kier alpha value is -1.56. The van der Waals surface area contributed by atoms with Crippen LogP contribution in [-0.4, -0.2) is 34.9 Å². The van der Waals surface area contributed by atoms with Gasteiger partial charge in [-0.05, 0) is 43.9 Å². The summed E-state index contributed by atoms with van der Waals surface area (Å²) in [6.07, 6.45) is 4.48. The molecule has 1 aliphatic rings. The minimum absolute atomic E-state index is 0.0860. The molecule has 2 heterocycles. The van der Waals surface area contributed by atoms with Gasteiger partial charge >= 0.3 is 0 Å². The van der Waals surface area contributed by atoms with Crippen LogP contribution in [0.5, 0.6) is 0 Å². The molecule has 1 fully saturated rings. The molecular formula is C20H25Cl2N3O2. The van der Waals surface area contributed by atoms with Crippen LogP contribution in [0.25, 0.3) is 5.69 Å². The third-order valence-electron chi connectivity index (χ3n) is 4.76. The van der Waals surface area contributed by atoms with E-state index in [1.54, 1.807) is 12.1 Å². The van der Waals surface area contributed by atoms with Gasteiger partial charge in [0.25, 0.3) is 5.91 Å². The first kappa shape index (κ1) is 20.2. The molecule has 2 aromatic rings. The van der Waals surface area contributed by atoms with E-state index in [0.717, 1.165) is 49.4 Å². The molecule has 0 unspecified atom stereocenters. The zero-order chi connectivity index (χ0) is 19.4. The van der Waals surface area contributed by atoms with Crippen LogP contribution in [0.3, 0.4) is 0 Å². The number of hydrogen-bond acceptors (Lipinski definition) is 3. The predicted molar refractivity (Wildman–Crippen MR) is 108 cm³/mol. The van der Waals surface area contributed by atoms with E-state index in [4.69, 9.17) is 33.0 Å². The highest BCUT2D eigenvalue weighted by Gasteiger charge is 2.24. The highest BCUT2D eigenvalue weighted by Crippen LogP contribution is 2.27. The van der Waals surface area contributed by atoms with Crippen LogP contribution in [0.15, 0.2) is 18.2 Å². The van der Waals surface area contributed by atoms with Gasteiger partial charge in [0.05, 0.1) is 38.8 Å². The topological polar surface area (TPSA) is 56.2 Å². The first-order chi connectivity index (χ1) is 13.0. The standard InChI is InChI=1S/C20H25Cl2N3O2/c1-3-6-17-19(20(26)23-12-14-7-5-10-27-14)18(4-2)25(24-17)13-8-9-15(21)16(22)11-13/h8-9,11,14H,3-7,10,12H2,1-2H3,(H,23,26)/t14-/m1/s1. The first-order valence-electron chi connectivity index (χ1n) is 9.51. The Kier molecular flexibility index (Phi) is 6.79. The molecule has 1 aromatic heterocycles. The number of rotatable bonds is 7. The summed E-state index contributed by atoms with van der Waals surface area (Å²) in [5, 5.41) is 8.73. The molecule has 3 rings (SSSR count). The molecule has 146 valence electrons. The number of hydrogen-bond donors (Lipinski definition) is 1. The SMILES string of the molecule is CCCc1nn(-c2ccc(Cl)c(Cl)c2)c(CC)c1C(=O)NC[C@H]1CCCO1. The number of aryl methyl sites for hydroxylation is 1. The van der Waals surface area contributed by atoms with E-state index >= 15 is 0 Å². The third-order valence-corrected chi connectivity index (χ3v) is 5.50. The molecule has 1 aromatic carbocycles. The summed E-state index contributed by atoms with van der Waals surface area (Å²) in [6.45, 7) is 5.41. The minimum Gasteiger partial charge on any atom is -0.376 e. The summed E-state index contributed by atoms with van der Waals surface area (Å²) in [5.74, 6) is -0.0860. The van der Waals surface area contributed by atoms with Crippen molar-refractivity contribution in [2.75, 3.05) is 13.2 Å². The second-order valence-corrected chi connectivity index (χ2v) is 7.54. The van der Waals surface area contributed by atoms with Crippen LogP contribution < -0.4 is 5.32 Å². The lowest BCUT2D eigenvalue weighted by Crippen LogP contribution is -2.32. The van der Waals surface area contributed by atoms with Gasteiger partial charge in [-0.3, -0.25) is 4.79 Å². The number of nitrogens with zero attached hydrogens (tertiary/aromatic N) is 2. The quantitative estimate of drug-likeness (QED) is 0.726. The fraction of sp³-hybridized carbons (Fsp3) is 0.500. The van der Waals surface area contributed by atoms with Crippen LogP contribution in [-0.2, 0) is 17.6 Å². The van der Waals surface area contributed by atoms with Gasteiger partial charge in [-0.2, -0.15) is 5.10 Å². The van der Waals surface area contributed by atoms with Crippen LogP contribution in [0.1, 0.15) is 54.9 Å². The van der Waals surface area contributed by atoms with Gasteiger partial charge in [-0.15, -0.1) is 0 Å². The molecule has 0 aliphatic carbocycles.